The number of methoxy groups -OCH3 is 1. The van der Waals surface area contributed by atoms with Crippen LogP contribution in [0.15, 0.2) is 0 Å². The first-order valence-corrected chi connectivity index (χ1v) is 6.77. The van der Waals surface area contributed by atoms with E-state index in [1.54, 1.807) is 7.11 Å². The Kier molecular flexibility index (Phi) is 7.81. The van der Waals surface area contributed by atoms with Crippen molar-refractivity contribution in [1.29, 1.82) is 0 Å². The van der Waals surface area contributed by atoms with Crippen molar-refractivity contribution in [2.24, 2.45) is 0 Å². The molecule has 0 aromatic heterocycles. The van der Waals surface area contributed by atoms with Crippen molar-refractivity contribution in [3.63, 3.8) is 0 Å². The maximum Gasteiger partial charge on any atom is 0.0476 e. The summed E-state index contributed by atoms with van der Waals surface area (Å²) in [6.45, 7) is 8.14. The molecule has 0 spiro atoms. The number of likely N-dealkylation sites (tertiary alicyclic amines) is 1. The first kappa shape index (κ1) is 13.9. The molecule has 0 saturated carbocycles. The summed E-state index contributed by atoms with van der Waals surface area (Å²) in [6, 6.07) is 0.585. The van der Waals surface area contributed by atoms with E-state index in [2.05, 4.69) is 17.1 Å². The number of hydrogen-bond donors (Lipinski definition) is 1. The summed E-state index contributed by atoms with van der Waals surface area (Å²) in [5.74, 6) is 0. The molecule has 0 bridgehead atoms. The Bertz CT molecular complexity index is 158. The van der Waals surface area contributed by atoms with Crippen molar-refractivity contribution in [3.05, 3.63) is 0 Å². The fourth-order valence-corrected chi connectivity index (χ4v) is 2.23. The van der Waals surface area contributed by atoms with Gasteiger partial charge in [-0.1, -0.05) is 6.42 Å². The highest BCUT2D eigenvalue weighted by atomic mass is 16.5. The highest BCUT2D eigenvalue weighted by molar-refractivity contribution is 4.66. The standard InChI is InChI=1S/C13H28N2O/c1-13(7-12-16-2)14-8-6-11-15-9-4-3-5-10-15/h13-14H,3-12H2,1-2H3. The summed E-state index contributed by atoms with van der Waals surface area (Å²) < 4.78 is 5.07. The molecule has 1 heterocycles. The van der Waals surface area contributed by atoms with E-state index >= 15 is 0 Å². The minimum atomic E-state index is 0.585. The van der Waals surface area contributed by atoms with E-state index in [-0.39, 0.29) is 0 Å². The third kappa shape index (κ3) is 6.46. The molecule has 1 unspecified atom stereocenters. The number of piperidine rings is 1. The number of nitrogens with one attached hydrogen (secondary N) is 1. The van der Waals surface area contributed by atoms with Gasteiger partial charge in [-0.3, -0.25) is 0 Å². The van der Waals surface area contributed by atoms with Crippen molar-refractivity contribution in [1.82, 2.24) is 10.2 Å². The van der Waals surface area contributed by atoms with E-state index in [4.69, 9.17) is 4.74 Å². The van der Waals surface area contributed by atoms with Crippen molar-refractivity contribution < 1.29 is 4.74 Å². The lowest BCUT2D eigenvalue weighted by Gasteiger charge is -2.26. The van der Waals surface area contributed by atoms with Gasteiger partial charge in [0.15, 0.2) is 0 Å². The Morgan fingerprint density at radius 3 is 2.69 bits per heavy atom. The summed E-state index contributed by atoms with van der Waals surface area (Å²) in [6.07, 6.45) is 6.62. The summed E-state index contributed by atoms with van der Waals surface area (Å²) in [5.41, 5.74) is 0. The summed E-state index contributed by atoms with van der Waals surface area (Å²) in [7, 11) is 1.77. The zero-order valence-electron chi connectivity index (χ0n) is 11.0. The predicted molar refractivity (Wildman–Crippen MR) is 68.9 cm³/mol. The van der Waals surface area contributed by atoms with Gasteiger partial charge >= 0.3 is 0 Å². The van der Waals surface area contributed by atoms with Gasteiger partial charge in [-0.2, -0.15) is 0 Å². The molecule has 3 nitrogen and oxygen atoms in total. The molecule has 1 rings (SSSR count). The van der Waals surface area contributed by atoms with E-state index in [0.717, 1.165) is 19.6 Å². The third-order valence-corrected chi connectivity index (χ3v) is 3.35. The highest BCUT2D eigenvalue weighted by Gasteiger charge is 2.09. The molecule has 16 heavy (non-hydrogen) atoms. The molecule has 0 aromatic rings. The fourth-order valence-electron chi connectivity index (χ4n) is 2.23. The molecule has 0 aromatic carbocycles. The molecule has 0 radical (unpaired) electrons. The van der Waals surface area contributed by atoms with Crippen LogP contribution in [0.5, 0.6) is 0 Å². The summed E-state index contributed by atoms with van der Waals surface area (Å²) in [4.78, 5) is 2.60. The first-order chi connectivity index (χ1) is 7.83. The average Bonchev–Trinajstić information content (AvgIpc) is 2.33. The van der Waals surface area contributed by atoms with Crippen LogP contribution in [-0.2, 0) is 4.74 Å². The number of ether oxygens (including phenoxy) is 1. The van der Waals surface area contributed by atoms with Crippen LogP contribution in [0.4, 0.5) is 0 Å². The number of hydrogen-bond acceptors (Lipinski definition) is 3. The lowest BCUT2D eigenvalue weighted by atomic mass is 10.1. The lowest BCUT2D eigenvalue weighted by Crippen LogP contribution is -2.34. The molecule has 1 aliphatic heterocycles. The molecule has 1 atom stereocenters. The maximum atomic E-state index is 5.07. The van der Waals surface area contributed by atoms with Crippen molar-refractivity contribution in [2.75, 3.05) is 39.9 Å². The van der Waals surface area contributed by atoms with Crippen LogP contribution < -0.4 is 5.32 Å². The van der Waals surface area contributed by atoms with Gasteiger partial charge in [0.2, 0.25) is 0 Å². The largest absolute Gasteiger partial charge is 0.385 e. The number of rotatable bonds is 8. The van der Waals surface area contributed by atoms with Crippen LogP contribution in [0, 0.1) is 0 Å². The van der Waals surface area contributed by atoms with Crippen LogP contribution in [0.25, 0.3) is 0 Å². The summed E-state index contributed by atoms with van der Waals surface area (Å²) in [5, 5.41) is 3.55. The van der Waals surface area contributed by atoms with Gasteiger partial charge in [0.25, 0.3) is 0 Å². The van der Waals surface area contributed by atoms with Crippen LogP contribution in [0.3, 0.4) is 0 Å². The monoisotopic (exact) mass is 228 g/mol. The second-order valence-corrected chi connectivity index (χ2v) is 4.89. The fraction of sp³-hybridized carbons (Fsp3) is 1.00. The minimum Gasteiger partial charge on any atom is -0.385 e. The molecule has 1 fully saturated rings. The SMILES string of the molecule is COCCC(C)NCCCN1CCCCC1. The number of nitrogens with zero attached hydrogens (tertiary/aromatic N) is 1. The Hall–Kier alpha value is -0.120. The highest BCUT2D eigenvalue weighted by Crippen LogP contribution is 2.08. The van der Waals surface area contributed by atoms with Gasteiger partial charge in [0.1, 0.15) is 0 Å². The van der Waals surface area contributed by atoms with Crippen LogP contribution >= 0.6 is 0 Å². The molecule has 1 aliphatic rings. The molecule has 0 amide bonds. The molecule has 0 aliphatic carbocycles. The zero-order chi connectivity index (χ0) is 11.6. The van der Waals surface area contributed by atoms with E-state index in [1.165, 1.54) is 45.3 Å². The second-order valence-electron chi connectivity index (χ2n) is 4.89. The van der Waals surface area contributed by atoms with Gasteiger partial charge < -0.3 is 15.0 Å². The molecule has 1 saturated heterocycles. The zero-order valence-corrected chi connectivity index (χ0v) is 11.0. The third-order valence-electron chi connectivity index (χ3n) is 3.35. The predicted octanol–water partition coefficient (Wildman–Crippen LogP) is 1.88. The van der Waals surface area contributed by atoms with Gasteiger partial charge in [-0.25, -0.2) is 0 Å². The van der Waals surface area contributed by atoms with Crippen LogP contribution in [-0.4, -0.2) is 50.8 Å². The Morgan fingerprint density at radius 1 is 1.25 bits per heavy atom. The van der Waals surface area contributed by atoms with Crippen molar-refractivity contribution in [3.8, 4) is 0 Å². The molecule has 96 valence electrons. The van der Waals surface area contributed by atoms with Crippen molar-refractivity contribution in [2.45, 2.75) is 45.1 Å². The van der Waals surface area contributed by atoms with Gasteiger partial charge in [0, 0.05) is 19.8 Å². The Morgan fingerprint density at radius 2 is 2.00 bits per heavy atom. The van der Waals surface area contributed by atoms with E-state index in [1.807, 2.05) is 0 Å². The Labute approximate surface area is 101 Å². The van der Waals surface area contributed by atoms with Crippen LogP contribution in [0.1, 0.15) is 39.0 Å². The maximum absolute atomic E-state index is 5.07. The van der Waals surface area contributed by atoms with E-state index < -0.39 is 0 Å². The minimum absolute atomic E-state index is 0.585. The van der Waals surface area contributed by atoms with E-state index in [9.17, 15) is 0 Å². The van der Waals surface area contributed by atoms with Gasteiger partial charge in [-0.15, -0.1) is 0 Å². The molecule has 3 heteroatoms. The Balaban J connectivity index is 1.90. The average molecular weight is 228 g/mol. The quantitative estimate of drug-likeness (QED) is 0.642. The molecular weight excluding hydrogens is 200 g/mol. The molecular formula is C13H28N2O. The summed E-state index contributed by atoms with van der Waals surface area (Å²) >= 11 is 0. The lowest BCUT2D eigenvalue weighted by molar-refractivity contribution is 0.184. The topological polar surface area (TPSA) is 24.5 Å². The molecule has 1 N–H and O–H groups in total. The first-order valence-electron chi connectivity index (χ1n) is 6.77. The van der Waals surface area contributed by atoms with Gasteiger partial charge in [0.05, 0.1) is 0 Å². The van der Waals surface area contributed by atoms with Crippen LogP contribution in [0.2, 0.25) is 0 Å². The second kappa shape index (κ2) is 8.97. The smallest absolute Gasteiger partial charge is 0.0476 e. The van der Waals surface area contributed by atoms with Crippen molar-refractivity contribution >= 4 is 0 Å². The van der Waals surface area contributed by atoms with E-state index in [0.29, 0.717) is 6.04 Å². The van der Waals surface area contributed by atoms with Gasteiger partial charge in [-0.05, 0) is 58.8 Å². The normalized spacial score (nSPS) is 19.9.